The molecule has 0 spiro atoms. The van der Waals surface area contributed by atoms with Gasteiger partial charge < -0.3 is 14.4 Å². The van der Waals surface area contributed by atoms with Gasteiger partial charge in [-0.15, -0.1) is 0 Å². The van der Waals surface area contributed by atoms with Gasteiger partial charge >= 0.3 is 0 Å². The molecule has 1 aromatic carbocycles. The van der Waals surface area contributed by atoms with Crippen LogP contribution >= 0.6 is 0 Å². The van der Waals surface area contributed by atoms with Crippen LogP contribution in [0.5, 0.6) is 11.6 Å². The maximum absolute atomic E-state index is 13.0. The number of benzene rings is 1. The highest BCUT2D eigenvalue weighted by Gasteiger charge is 2.41. The number of hydrogen-bond acceptors (Lipinski definition) is 8. The van der Waals surface area contributed by atoms with Gasteiger partial charge in [0.2, 0.25) is 17.7 Å². The van der Waals surface area contributed by atoms with Crippen LogP contribution in [0.15, 0.2) is 36.8 Å². The van der Waals surface area contributed by atoms with Gasteiger partial charge in [-0.2, -0.15) is 0 Å². The van der Waals surface area contributed by atoms with Crippen LogP contribution in [0, 0.1) is 0 Å². The summed E-state index contributed by atoms with van der Waals surface area (Å²) in [5, 5.41) is 2.35. The molecular formula is C26H29N5O5. The van der Waals surface area contributed by atoms with Crippen LogP contribution in [0.1, 0.15) is 54.4 Å². The monoisotopic (exact) mass is 491 g/mol. The Morgan fingerprint density at radius 1 is 1.00 bits per heavy atom. The smallest absolute Gasteiger partial charge is 0.255 e. The Bertz CT molecular complexity index is 1170. The first-order valence-corrected chi connectivity index (χ1v) is 12.7. The molecule has 1 N–H and O–H groups in total. The number of hydrogen-bond donors (Lipinski definition) is 1. The maximum atomic E-state index is 13.0. The van der Waals surface area contributed by atoms with Crippen LogP contribution < -0.4 is 14.8 Å². The lowest BCUT2D eigenvalue weighted by atomic mass is 9.89. The van der Waals surface area contributed by atoms with Gasteiger partial charge in [0.15, 0.2) is 0 Å². The summed E-state index contributed by atoms with van der Waals surface area (Å²) in [5.41, 5.74) is 1.45. The van der Waals surface area contributed by atoms with Crippen molar-refractivity contribution in [2.24, 2.45) is 0 Å². The molecule has 1 aliphatic carbocycles. The Morgan fingerprint density at radius 2 is 1.86 bits per heavy atom. The van der Waals surface area contributed by atoms with E-state index in [0.717, 1.165) is 43.7 Å². The zero-order valence-corrected chi connectivity index (χ0v) is 20.0. The molecule has 0 radical (unpaired) electrons. The van der Waals surface area contributed by atoms with E-state index in [2.05, 4.69) is 20.2 Å². The van der Waals surface area contributed by atoms with Crippen molar-refractivity contribution in [2.45, 2.75) is 69.4 Å². The fourth-order valence-electron chi connectivity index (χ4n) is 5.76. The predicted molar refractivity (Wildman–Crippen MR) is 127 cm³/mol. The van der Waals surface area contributed by atoms with Gasteiger partial charge in [0.25, 0.3) is 5.91 Å². The molecule has 3 amide bonds. The highest BCUT2D eigenvalue weighted by atomic mass is 16.5. The van der Waals surface area contributed by atoms with Gasteiger partial charge in [0, 0.05) is 50.1 Å². The highest BCUT2D eigenvalue weighted by molar-refractivity contribution is 6.05. The number of piperidine rings is 1. The Labute approximate surface area is 209 Å². The van der Waals surface area contributed by atoms with E-state index in [9.17, 15) is 14.4 Å². The molecule has 1 aromatic heterocycles. The zero-order chi connectivity index (χ0) is 24.6. The number of ether oxygens (including phenoxy) is 2. The quantitative estimate of drug-likeness (QED) is 0.608. The van der Waals surface area contributed by atoms with E-state index in [1.807, 2.05) is 12.1 Å². The molecule has 4 heterocycles. The van der Waals surface area contributed by atoms with Gasteiger partial charge in [-0.05, 0) is 49.4 Å². The maximum Gasteiger partial charge on any atom is 0.255 e. The van der Waals surface area contributed by atoms with Crippen molar-refractivity contribution < 1.29 is 23.9 Å². The lowest BCUT2D eigenvalue weighted by molar-refractivity contribution is -0.136. The largest absolute Gasteiger partial charge is 0.489 e. The number of imide groups is 1. The number of rotatable bonds is 6. The van der Waals surface area contributed by atoms with Gasteiger partial charge in [0.05, 0.1) is 6.20 Å². The second-order valence-corrected chi connectivity index (χ2v) is 9.96. The molecule has 36 heavy (non-hydrogen) atoms. The van der Waals surface area contributed by atoms with Crippen LogP contribution in [0.3, 0.4) is 0 Å². The standard InChI is InChI=1S/C26H29N5O5/c32-23-8-7-21(25(33)29-23)31-13-16-11-17(5-6-19(16)26(31)34)35-22-4-2-1-3-20(22)30-14-18(15-30)36-24-12-27-9-10-28-24/h5-6,9-12,18,20-22H,1-4,7-8,13-15H2,(H,29,32,33)/t20-,21?,22-/m0/s1. The van der Waals surface area contributed by atoms with E-state index in [1.165, 1.54) is 6.42 Å². The third kappa shape index (κ3) is 4.41. The van der Waals surface area contributed by atoms with Crippen LogP contribution in [-0.2, 0) is 16.1 Å². The summed E-state index contributed by atoms with van der Waals surface area (Å²) in [4.78, 5) is 49.0. The number of nitrogens with zero attached hydrogens (tertiary/aromatic N) is 4. The zero-order valence-electron chi connectivity index (χ0n) is 20.0. The highest BCUT2D eigenvalue weighted by Crippen LogP contribution is 2.34. The molecule has 2 saturated heterocycles. The van der Waals surface area contributed by atoms with Crippen molar-refractivity contribution in [3.05, 3.63) is 47.9 Å². The summed E-state index contributed by atoms with van der Waals surface area (Å²) < 4.78 is 12.4. The predicted octanol–water partition coefficient (Wildman–Crippen LogP) is 1.69. The van der Waals surface area contributed by atoms with E-state index in [4.69, 9.17) is 9.47 Å². The Balaban J connectivity index is 1.09. The summed E-state index contributed by atoms with van der Waals surface area (Å²) in [6.07, 6.45) is 10.0. The van der Waals surface area contributed by atoms with Gasteiger partial charge in [0.1, 0.15) is 24.0 Å². The third-order valence-electron chi connectivity index (χ3n) is 7.62. The van der Waals surface area contributed by atoms with Crippen LogP contribution in [-0.4, -0.2) is 74.9 Å². The van der Waals surface area contributed by atoms with E-state index in [0.29, 0.717) is 30.5 Å². The third-order valence-corrected chi connectivity index (χ3v) is 7.62. The van der Waals surface area contributed by atoms with E-state index >= 15 is 0 Å². The van der Waals surface area contributed by atoms with Gasteiger partial charge in [-0.25, -0.2) is 4.98 Å². The first-order chi connectivity index (χ1) is 17.5. The molecule has 2 aromatic rings. The molecule has 3 fully saturated rings. The second kappa shape index (κ2) is 9.50. The van der Waals surface area contributed by atoms with Gasteiger partial charge in [-0.1, -0.05) is 6.42 Å². The molecule has 3 aliphatic heterocycles. The number of aromatic nitrogens is 2. The summed E-state index contributed by atoms with van der Waals surface area (Å²) in [6, 6.07) is 5.28. The average molecular weight is 492 g/mol. The van der Waals surface area contributed by atoms with E-state index < -0.39 is 11.9 Å². The average Bonchev–Trinajstić information content (AvgIpc) is 3.18. The minimum atomic E-state index is -0.613. The van der Waals surface area contributed by atoms with Gasteiger partial charge in [-0.3, -0.25) is 29.6 Å². The molecule has 6 rings (SSSR count). The minimum Gasteiger partial charge on any atom is -0.489 e. The van der Waals surface area contributed by atoms with Crippen molar-refractivity contribution in [1.29, 1.82) is 0 Å². The van der Waals surface area contributed by atoms with Crippen molar-refractivity contribution in [3.8, 4) is 11.6 Å². The Hall–Kier alpha value is -3.53. The minimum absolute atomic E-state index is 0.0672. The molecule has 1 unspecified atom stereocenters. The molecular weight excluding hydrogens is 462 g/mol. The molecule has 1 saturated carbocycles. The SMILES string of the molecule is O=C1CCC(N2Cc3cc(O[C@H]4CCCC[C@@H]4N4CC(Oc5cnccn5)C4)ccc3C2=O)C(=O)N1. The van der Waals surface area contributed by atoms with Crippen LogP contribution in [0.25, 0.3) is 0 Å². The lowest BCUT2D eigenvalue weighted by Gasteiger charge is -2.47. The fraction of sp³-hybridized carbons (Fsp3) is 0.500. The van der Waals surface area contributed by atoms with Crippen LogP contribution in [0.2, 0.25) is 0 Å². The topological polar surface area (TPSA) is 114 Å². The molecule has 188 valence electrons. The van der Waals surface area contributed by atoms with E-state index in [-0.39, 0.29) is 30.4 Å². The number of carbonyl (C=O) groups excluding carboxylic acids is 3. The van der Waals surface area contributed by atoms with Crippen molar-refractivity contribution in [2.75, 3.05) is 13.1 Å². The number of amides is 3. The number of carbonyl (C=O) groups is 3. The summed E-state index contributed by atoms with van der Waals surface area (Å²) in [7, 11) is 0. The first kappa shape index (κ1) is 22.9. The summed E-state index contributed by atoms with van der Waals surface area (Å²) >= 11 is 0. The summed E-state index contributed by atoms with van der Waals surface area (Å²) in [5.74, 6) is 0.447. The second-order valence-electron chi connectivity index (χ2n) is 9.96. The number of nitrogens with one attached hydrogen (secondary N) is 1. The number of fused-ring (bicyclic) bond motifs is 1. The lowest BCUT2D eigenvalue weighted by Crippen LogP contribution is -2.62. The molecule has 3 atom stereocenters. The first-order valence-electron chi connectivity index (χ1n) is 12.7. The summed E-state index contributed by atoms with van der Waals surface area (Å²) in [6.45, 7) is 2.01. The molecule has 4 aliphatic rings. The molecule has 10 nitrogen and oxygen atoms in total. The van der Waals surface area contributed by atoms with E-state index in [1.54, 1.807) is 29.6 Å². The van der Waals surface area contributed by atoms with Crippen molar-refractivity contribution in [3.63, 3.8) is 0 Å². The Kier molecular flexibility index (Phi) is 6.04. The van der Waals surface area contributed by atoms with Crippen molar-refractivity contribution in [1.82, 2.24) is 25.1 Å². The van der Waals surface area contributed by atoms with Crippen LogP contribution in [0.4, 0.5) is 0 Å². The normalized spacial score (nSPS) is 26.8. The Morgan fingerprint density at radius 3 is 2.67 bits per heavy atom. The van der Waals surface area contributed by atoms with Crippen molar-refractivity contribution >= 4 is 17.7 Å². The molecule has 10 heteroatoms. The number of likely N-dealkylation sites (tertiary alicyclic amines) is 1. The fourth-order valence-corrected chi connectivity index (χ4v) is 5.76. The molecule has 0 bridgehead atoms.